The maximum Gasteiger partial charge on any atom is 0.254 e. The number of hydrogen-bond acceptors (Lipinski definition) is 2. The summed E-state index contributed by atoms with van der Waals surface area (Å²) in [6.45, 7) is 2.61. The molecule has 3 nitrogen and oxygen atoms in total. The predicted octanol–water partition coefficient (Wildman–Crippen LogP) is 1.59. The summed E-state index contributed by atoms with van der Waals surface area (Å²) in [5, 5.41) is 0. The summed E-state index contributed by atoms with van der Waals surface area (Å²) in [6, 6.07) is 3.84. The third-order valence-electron chi connectivity index (χ3n) is 2.65. The number of ether oxygens (including phenoxy) is 1. The number of nitrogens with zero attached hydrogens (tertiary/aromatic N) is 1. The summed E-state index contributed by atoms with van der Waals surface area (Å²) in [5.74, 6) is 0.903. The molecule has 0 unspecified atom stereocenters. The molecular weight excluding hydrogens is 178 g/mol. The molecule has 14 heavy (non-hydrogen) atoms. The predicted molar refractivity (Wildman–Crippen MR) is 53.5 cm³/mol. The third-order valence-corrected chi connectivity index (χ3v) is 2.65. The Kier molecular flexibility index (Phi) is 1.95. The van der Waals surface area contributed by atoms with Crippen LogP contribution in [-0.2, 0) is 6.54 Å². The number of hydrogen-bond donors (Lipinski definition) is 0. The fraction of sp³-hybridized carbons (Fsp3) is 0.364. The number of carbonyl (C=O) groups excluding carboxylic acids is 1. The first kappa shape index (κ1) is 9.06. The summed E-state index contributed by atoms with van der Waals surface area (Å²) in [7, 11) is 3.44. The van der Waals surface area contributed by atoms with Crippen LogP contribution in [-0.4, -0.2) is 25.0 Å². The Labute approximate surface area is 83.3 Å². The number of aryl methyl sites for hydroxylation is 1. The van der Waals surface area contributed by atoms with Crippen LogP contribution in [0.15, 0.2) is 12.1 Å². The largest absolute Gasteiger partial charge is 0.496 e. The lowest BCUT2D eigenvalue weighted by Crippen LogP contribution is -2.17. The molecule has 1 aromatic rings. The minimum Gasteiger partial charge on any atom is -0.496 e. The zero-order valence-electron chi connectivity index (χ0n) is 8.63. The van der Waals surface area contributed by atoms with Crippen molar-refractivity contribution in [2.45, 2.75) is 13.5 Å². The van der Waals surface area contributed by atoms with Gasteiger partial charge in [-0.05, 0) is 18.6 Å². The van der Waals surface area contributed by atoms with Gasteiger partial charge in [-0.25, -0.2) is 0 Å². The topological polar surface area (TPSA) is 29.5 Å². The van der Waals surface area contributed by atoms with Crippen LogP contribution >= 0.6 is 0 Å². The zero-order chi connectivity index (χ0) is 10.3. The molecule has 0 radical (unpaired) electrons. The van der Waals surface area contributed by atoms with Gasteiger partial charge in [0.1, 0.15) is 5.75 Å². The van der Waals surface area contributed by atoms with E-state index in [1.54, 1.807) is 19.1 Å². The quantitative estimate of drug-likeness (QED) is 0.674. The van der Waals surface area contributed by atoms with Crippen LogP contribution in [0.25, 0.3) is 0 Å². The Balaban J connectivity index is 2.64. The Morgan fingerprint density at radius 2 is 2.14 bits per heavy atom. The fourth-order valence-electron chi connectivity index (χ4n) is 1.89. The van der Waals surface area contributed by atoms with E-state index in [0.717, 1.165) is 22.4 Å². The second-order valence-electron chi connectivity index (χ2n) is 3.60. The molecule has 0 N–H and O–H groups in total. The van der Waals surface area contributed by atoms with Crippen LogP contribution < -0.4 is 4.74 Å². The SMILES string of the molecule is COc1ccc(C)c2c1CN(C)C2=O. The lowest BCUT2D eigenvalue weighted by molar-refractivity contribution is 0.0816. The fourth-order valence-corrected chi connectivity index (χ4v) is 1.89. The standard InChI is InChI=1S/C11H13NO2/c1-7-4-5-9(14-3)8-6-12(2)11(13)10(7)8/h4-5H,6H2,1-3H3. The van der Waals surface area contributed by atoms with E-state index in [2.05, 4.69) is 0 Å². The van der Waals surface area contributed by atoms with E-state index >= 15 is 0 Å². The first-order valence-corrected chi connectivity index (χ1v) is 4.57. The van der Waals surface area contributed by atoms with E-state index < -0.39 is 0 Å². The van der Waals surface area contributed by atoms with Gasteiger partial charge in [0.2, 0.25) is 0 Å². The molecule has 3 heteroatoms. The summed E-state index contributed by atoms with van der Waals surface area (Å²) in [4.78, 5) is 13.5. The number of fused-ring (bicyclic) bond motifs is 1. The van der Waals surface area contributed by atoms with Gasteiger partial charge in [0, 0.05) is 12.6 Å². The first-order valence-electron chi connectivity index (χ1n) is 4.57. The van der Waals surface area contributed by atoms with Gasteiger partial charge in [-0.15, -0.1) is 0 Å². The van der Waals surface area contributed by atoms with Gasteiger partial charge in [0.25, 0.3) is 5.91 Å². The minimum absolute atomic E-state index is 0.0939. The number of benzene rings is 1. The lowest BCUT2D eigenvalue weighted by Gasteiger charge is -2.06. The van der Waals surface area contributed by atoms with Crippen molar-refractivity contribution in [1.29, 1.82) is 0 Å². The summed E-state index contributed by atoms with van der Waals surface area (Å²) >= 11 is 0. The Morgan fingerprint density at radius 1 is 1.43 bits per heavy atom. The highest BCUT2D eigenvalue weighted by Gasteiger charge is 2.28. The molecular formula is C11H13NO2. The monoisotopic (exact) mass is 191 g/mol. The highest BCUT2D eigenvalue weighted by molar-refractivity contribution is 6.00. The van der Waals surface area contributed by atoms with Crippen LogP contribution in [0.5, 0.6) is 5.75 Å². The highest BCUT2D eigenvalue weighted by atomic mass is 16.5. The minimum atomic E-state index is 0.0939. The molecule has 0 saturated carbocycles. The average molecular weight is 191 g/mol. The van der Waals surface area contributed by atoms with Gasteiger partial charge in [0.05, 0.1) is 19.2 Å². The van der Waals surface area contributed by atoms with Gasteiger partial charge >= 0.3 is 0 Å². The van der Waals surface area contributed by atoms with Crippen LogP contribution in [0.3, 0.4) is 0 Å². The summed E-state index contributed by atoms with van der Waals surface area (Å²) < 4.78 is 5.23. The second-order valence-corrected chi connectivity index (χ2v) is 3.60. The van der Waals surface area contributed by atoms with Crippen molar-refractivity contribution in [3.05, 3.63) is 28.8 Å². The van der Waals surface area contributed by atoms with Crippen molar-refractivity contribution in [3.8, 4) is 5.75 Å². The number of rotatable bonds is 1. The molecule has 0 aromatic heterocycles. The van der Waals surface area contributed by atoms with Crippen LogP contribution in [0.1, 0.15) is 21.5 Å². The normalized spacial score (nSPS) is 14.5. The van der Waals surface area contributed by atoms with Gasteiger partial charge < -0.3 is 9.64 Å². The van der Waals surface area contributed by atoms with Crippen LogP contribution in [0.2, 0.25) is 0 Å². The van der Waals surface area contributed by atoms with E-state index in [4.69, 9.17) is 4.74 Å². The molecule has 1 amide bonds. The third kappa shape index (κ3) is 1.09. The average Bonchev–Trinajstić information content (AvgIpc) is 2.45. The first-order chi connectivity index (χ1) is 6.65. The molecule has 2 rings (SSSR count). The molecule has 1 heterocycles. The van der Waals surface area contributed by atoms with E-state index in [1.807, 2.05) is 19.1 Å². The number of amides is 1. The number of carbonyl (C=O) groups is 1. The molecule has 0 saturated heterocycles. The van der Waals surface area contributed by atoms with Crippen LogP contribution in [0.4, 0.5) is 0 Å². The molecule has 0 fully saturated rings. The van der Waals surface area contributed by atoms with Crippen molar-refractivity contribution in [2.24, 2.45) is 0 Å². The molecule has 1 aliphatic rings. The van der Waals surface area contributed by atoms with Crippen molar-refractivity contribution < 1.29 is 9.53 Å². The number of methoxy groups -OCH3 is 1. The molecule has 74 valence electrons. The van der Waals surface area contributed by atoms with E-state index in [1.165, 1.54) is 0 Å². The van der Waals surface area contributed by atoms with Crippen LogP contribution in [0, 0.1) is 6.92 Å². The van der Waals surface area contributed by atoms with Gasteiger partial charge in [0.15, 0.2) is 0 Å². The summed E-state index contributed by atoms with van der Waals surface area (Å²) in [5.41, 5.74) is 2.85. The smallest absolute Gasteiger partial charge is 0.254 e. The molecule has 1 aromatic carbocycles. The van der Waals surface area contributed by atoms with Crippen molar-refractivity contribution in [2.75, 3.05) is 14.2 Å². The molecule has 0 aliphatic carbocycles. The molecule has 0 atom stereocenters. The Morgan fingerprint density at radius 3 is 2.79 bits per heavy atom. The Bertz CT molecular complexity index is 399. The second kappa shape index (κ2) is 3.01. The van der Waals surface area contributed by atoms with Crippen molar-refractivity contribution >= 4 is 5.91 Å². The summed E-state index contributed by atoms with van der Waals surface area (Å²) in [6.07, 6.45) is 0. The van der Waals surface area contributed by atoms with Gasteiger partial charge in [-0.3, -0.25) is 4.79 Å². The Hall–Kier alpha value is -1.51. The molecule has 0 bridgehead atoms. The zero-order valence-corrected chi connectivity index (χ0v) is 8.63. The lowest BCUT2D eigenvalue weighted by atomic mass is 10.0. The van der Waals surface area contributed by atoms with E-state index in [9.17, 15) is 4.79 Å². The molecule has 1 aliphatic heterocycles. The highest BCUT2D eigenvalue weighted by Crippen LogP contribution is 2.32. The molecule has 0 spiro atoms. The van der Waals surface area contributed by atoms with Crippen molar-refractivity contribution in [1.82, 2.24) is 4.90 Å². The maximum absolute atomic E-state index is 11.8. The van der Waals surface area contributed by atoms with E-state index in [-0.39, 0.29) is 5.91 Å². The van der Waals surface area contributed by atoms with Gasteiger partial charge in [-0.1, -0.05) is 6.07 Å². The van der Waals surface area contributed by atoms with Crippen molar-refractivity contribution in [3.63, 3.8) is 0 Å². The van der Waals surface area contributed by atoms with E-state index in [0.29, 0.717) is 6.54 Å². The maximum atomic E-state index is 11.8. The van der Waals surface area contributed by atoms with Gasteiger partial charge in [-0.2, -0.15) is 0 Å².